The number of sulfonamides is 1. The highest BCUT2D eigenvalue weighted by molar-refractivity contribution is 9.10. The number of carbonyl (C=O) groups is 1. The number of ether oxygens (including phenoxy) is 1. The second kappa shape index (κ2) is 11.2. The lowest BCUT2D eigenvalue weighted by Gasteiger charge is -2.22. The Labute approximate surface area is 207 Å². The Morgan fingerprint density at radius 3 is 2.42 bits per heavy atom. The second-order valence-corrected chi connectivity index (χ2v) is 10.5. The molecule has 6 nitrogen and oxygen atoms in total. The molecule has 0 unspecified atom stereocenters. The molecule has 0 fully saturated rings. The zero-order chi connectivity index (χ0) is 24.0. The third-order valence-corrected chi connectivity index (χ3v) is 7.30. The predicted molar refractivity (Wildman–Crippen MR) is 133 cm³/mol. The van der Waals surface area contributed by atoms with Gasteiger partial charge in [-0.15, -0.1) is 0 Å². The molecule has 2 N–H and O–H groups in total. The minimum Gasteiger partial charge on any atom is -0.495 e. The molecule has 3 aromatic carbocycles. The van der Waals surface area contributed by atoms with E-state index in [4.69, 9.17) is 16.3 Å². The summed E-state index contributed by atoms with van der Waals surface area (Å²) < 4.78 is 34.7. The van der Waals surface area contributed by atoms with Crippen LogP contribution in [0.15, 0.2) is 82.2 Å². The molecule has 0 aromatic heterocycles. The first-order valence-electron chi connectivity index (χ1n) is 10.1. The summed E-state index contributed by atoms with van der Waals surface area (Å²) in [5, 5.41) is 3.07. The van der Waals surface area contributed by atoms with Crippen molar-refractivity contribution in [3.05, 3.63) is 93.4 Å². The molecule has 0 spiro atoms. The van der Waals surface area contributed by atoms with Crippen LogP contribution in [0.1, 0.15) is 24.1 Å². The lowest BCUT2D eigenvalue weighted by Crippen LogP contribution is -2.48. The van der Waals surface area contributed by atoms with Crippen molar-refractivity contribution >= 4 is 43.5 Å². The minimum atomic E-state index is -4.04. The van der Waals surface area contributed by atoms with Crippen molar-refractivity contribution in [2.24, 2.45) is 0 Å². The van der Waals surface area contributed by atoms with Crippen molar-refractivity contribution in [3.63, 3.8) is 0 Å². The van der Waals surface area contributed by atoms with E-state index in [9.17, 15) is 13.2 Å². The number of hydrogen-bond donors (Lipinski definition) is 2. The second-order valence-electron chi connectivity index (χ2n) is 7.45. The first kappa shape index (κ1) is 25.2. The molecule has 0 radical (unpaired) electrons. The van der Waals surface area contributed by atoms with Gasteiger partial charge < -0.3 is 10.1 Å². The number of methoxy groups -OCH3 is 1. The monoisotopic (exact) mass is 550 g/mol. The Bertz CT molecular complexity index is 1220. The van der Waals surface area contributed by atoms with Crippen LogP contribution >= 0.6 is 27.5 Å². The van der Waals surface area contributed by atoms with Gasteiger partial charge in [0.05, 0.1) is 23.1 Å². The average molecular weight is 552 g/mol. The van der Waals surface area contributed by atoms with Crippen LogP contribution in [0.5, 0.6) is 5.75 Å². The first-order chi connectivity index (χ1) is 15.7. The summed E-state index contributed by atoms with van der Waals surface area (Å²) in [7, 11) is -2.59. The van der Waals surface area contributed by atoms with Crippen molar-refractivity contribution in [2.75, 3.05) is 7.11 Å². The van der Waals surface area contributed by atoms with Gasteiger partial charge in [0.1, 0.15) is 11.8 Å². The van der Waals surface area contributed by atoms with Crippen LogP contribution < -0.4 is 14.8 Å². The van der Waals surface area contributed by atoms with Crippen molar-refractivity contribution in [2.45, 2.75) is 30.3 Å². The van der Waals surface area contributed by atoms with Crippen molar-refractivity contribution < 1.29 is 17.9 Å². The number of benzene rings is 3. The van der Waals surface area contributed by atoms with Crippen LogP contribution in [0.3, 0.4) is 0 Å². The highest BCUT2D eigenvalue weighted by Gasteiger charge is 2.27. The summed E-state index contributed by atoms with van der Waals surface area (Å²) in [4.78, 5) is 13.1. The molecule has 0 bridgehead atoms. The van der Waals surface area contributed by atoms with Gasteiger partial charge in [-0.2, -0.15) is 4.72 Å². The van der Waals surface area contributed by atoms with Gasteiger partial charge in [0.15, 0.2) is 0 Å². The van der Waals surface area contributed by atoms with Crippen LogP contribution in [-0.2, 0) is 21.2 Å². The lowest BCUT2D eigenvalue weighted by atomic mass is 10.0. The summed E-state index contributed by atoms with van der Waals surface area (Å²) in [6, 6.07) is 19.6. The van der Waals surface area contributed by atoms with Gasteiger partial charge in [-0.25, -0.2) is 8.42 Å². The zero-order valence-electron chi connectivity index (χ0n) is 18.1. The van der Waals surface area contributed by atoms with Crippen LogP contribution in [0, 0.1) is 0 Å². The molecule has 0 saturated carbocycles. The maximum absolute atomic E-state index is 13.2. The van der Waals surface area contributed by atoms with Gasteiger partial charge in [-0.3, -0.25) is 4.79 Å². The van der Waals surface area contributed by atoms with E-state index in [1.54, 1.807) is 0 Å². The molecule has 0 aliphatic rings. The number of nitrogens with one attached hydrogen (secondary N) is 2. The Morgan fingerprint density at radius 1 is 1.06 bits per heavy atom. The van der Waals surface area contributed by atoms with E-state index < -0.39 is 22.0 Å². The van der Waals surface area contributed by atoms with Crippen LogP contribution in [-0.4, -0.2) is 27.5 Å². The standard InChI is InChI=1S/C24H24BrClN2O4S/c1-16(18-9-6-10-19(25)14-18)27-24(29)22(13-17-7-4-3-5-8-17)28-33(30,31)20-11-12-23(32-2)21(26)15-20/h3-12,14-16,22,28H,13H2,1-2H3,(H,27,29)/t16-,22+/m1/s1. The fraction of sp³-hybridized carbons (Fsp3) is 0.208. The smallest absolute Gasteiger partial charge is 0.241 e. The van der Waals surface area contributed by atoms with Gasteiger partial charge >= 0.3 is 0 Å². The number of rotatable bonds is 9. The molecule has 2 atom stereocenters. The summed E-state index contributed by atoms with van der Waals surface area (Å²) in [5.41, 5.74) is 1.71. The Morgan fingerprint density at radius 2 is 1.79 bits per heavy atom. The topological polar surface area (TPSA) is 84.5 Å². The maximum atomic E-state index is 13.2. The highest BCUT2D eigenvalue weighted by Crippen LogP contribution is 2.27. The normalized spacial score (nSPS) is 13.2. The van der Waals surface area contributed by atoms with E-state index in [-0.39, 0.29) is 22.4 Å². The Kier molecular flexibility index (Phi) is 8.53. The fourth-order valence-electron chi connectivity index (χ4n) is 3.28. The molecule has 0 heterocycles. The third-order valence-electron chi connectivity index (χ3n) is 5.04. The highest BCUT2D eigenvalue weighted by atomic mass is 79.9. The largest absolute Gasteiger partial charge is 0.495 e. The summed E-state index contributed by atoms with van der Waals surface area (Å²) in [6.07, 6.45) is 0.182. The summed E-state index contributed by atoms with van der Waals surface area (Å²) in [5.74, 6) is -0.0773. The van der Waals surface area contributed by atoms with Crippen molar-refractivity contribution in [1.82, 2.24) is 10.0 Å². The molecular formula is C24H24BrClN2O4S. The summed E-state index contributed by atoms with van der Waals surface area (Å²) in [6.45, 7) is 1.84. The van der Waals surface area contributed by atoms with Gasteiger partial charge in [-0.1, -0.05) is 70.0 Å². The average Bonchev–Trinajstić information content (AvgIpc) is 2.79. The predicted octanol–water partition coefficient (Wildman–Crippen LogP) is 4.88. The van der Waals surface area contributed by atoms with Gasteiger partial charge in [0, 0.05) is 4.47 Å². The molecule has 0 aliphatic heterocycles. The molecule has 3 aromatic rings. The van der Waals surface area contributed by atoms with E-state index in [1.165, 1.54) is 25.3 Å². The molecule has 9 heteroatoms. The zero-order valence-corrected chi connectivity index (χ0v) is 21.2. The van der Waals surface area contributed by atoms with Crippen LogP contribution in [0.4, 0.5) is 0 Å². The SMILES string of the molecule is COc1ccc(S(=O)(=O)N[C@@H](Cc2ccccc2)C(=O)N[C@H](C)c2cccc(Br)c2)cc1Cl. The van der Waals surface area contributed by atoms with E-state index in [1.807, 2.05) is 61.5 Å². The van der Waals surface area contributed by atoms with Gasteiger partial charge in [-0.05, 0) is 54.8 Å². The maximum Gasteiger partial charge on any atom is 0.241 e. The van der Waals surface area contributed by atoms with E-state index in [0.717, 1.165) is 15.6 Å². The van der Waals surface area contributed by atoms with Gasteiger partial charge in [0.2, 0.25) is 15.9 Å². The van der Waals surface area contributed by atoms with Crippen LogP contribution in [0.2, 0.25) is 5.02 Å². The van der Waals surface area contributed by atoms with E-state index in [0.29, 0.717) is 5.75 Å². The number of carbonyl (C=O) groups excluding carboxylic acids is 1. The van der Waals surface area contributed by atoms with Crippen LogP contribution in [0.25, 0.3) is 0 Å². The number of hydrogen-bond acceptors (Lipinski definition) is 4. The fourth-order valence-corrected chi connectivity index (χ4v) is 5.24. The molecule has 0 aliphatic carbocycles. The molecule has 1 amide bonds. The first-order valence-corrected chi connectivity index (χ1v) is 12.8. The van der Waals surface area contributed by atoms with Gasteiger partial charge in [0.25, 0.3) is 0 Å². The Hall–Kier alpha value is -2.39. The molecule has 0 saturated heterocycles. The molecular weight excluding hydrogens is 528 g/mol. The lowest BCUT2D eigenvalue weighted by molar-refractivity contribution is -0.123. The van der Waals surface area contributed by atoms with Crippen molar-refractivity contribution in [3.8, 4) is 5.75 Å². The molecule has 174 valence electrons. The number of amides is 1. The number of halogens is 2. The van der Waals surface area contributed by atoms with E-state index in [2.05, 4.69) is 26.0 Å². The summed E-state index contributed by atoms with van der Waals surface area (Å²) >= 11 is 9.54. The molecule has 33 heavy (non-hydrogen) atoms. The minimum absolute atomic E-state index is 0.0563. The van der Waals surface area contributed by atoms with E-state index >= 15 is 0 Å². The molecule has 3 rings (SSSR count). The third kappa shape index (κ3) is 6.80. The Balaban J connectivity index is 1.85. The van der Waals surface area contributed by atoms with Crippen molar-refractivity contribution in [1.29, 1.82) is 0 Å². The quantitative estimate of drug-likeness (QED) is 0.397.